The third kappa shape index (κ3) is 2.40. The number of nitrogens with one attached hydrogen (secondary N) is 1. The minimum atomic E-state index is -1.26. The lowest BCUT2D eigenvalue weighted by molar-refractivity contribution is -0.255. The second-order valence-corrected chi connectivity index (χ2v) is 4.79. The molecular formula is C17H10NO4-. The number of aromatic carboxylic acids is 1. The number of anilines is 1. The van der Waals surface area contributed by atoms with Gasteiger partial charge in [-0.2, -0.15) is 0 Å². The minimum absolute atomic E-state index is 0.0647. The standard InChI is InChI=1S/C17H11NO4/c19-15-9-14(12-3-1-2-4-13(12)16(15)20)18-11-7-5-10(6-8-11)17(21)22/h1-9,18H,(H,21,22)/p-1. The molecule has 0 heterocycles. The molecule has 5 heteroatoms. The number of carboxylic acid groups (broad SMARTS) is 1. The first kappa shape index (κ1) is 13.8. The van der Waals surface area contributed by atoms with Crippen molar-refractivity contribution in [3.8, 4) is 0 Å². The highest BCUT2D eigenvalue weighted by molar-refractivity contribution is 6.50. The molecule has 108 valence electrons. The first-order valence-corrected chi connectivity index (χ1v) is 6.54. The number of ketones is 2. The molecule has 1 N–H and O–H groups in total. The number of carbonyl (C=O) groups excluding carboxylic acids is 3. The van der Waals surface area contributed by atoms with Gasteiger partial charge in [0, 0.05) is 22.9 Å². The molecule has 0 aliphatic heterocycles. The number of benzene rings is 2. The predicted molar refractivity (Wildman–Crippen MR) is 78.2 cm³/mol. The Hall–Kier alpha value is -3.21. The van der Waals surface area contributed by atoms with Crippen molar-refractivity contribution < 1.29 is 19.5 Å². The SMILES string of the molecule is O=C1C=C(Nc2ccc(C(=O)[O-])cc2)c2ccccc2C1=O. The van der Waals surface area contributed by atoms with E-state index < -0.39 is 17.5 Å². The molecule has 2 aromatic rings. The summed E-state index contributed by atoms with van der Waals surface area (Å²) in [6, 6.07) is 12.8. The van der Waals surface area contributed by atoms with Crippen molar-refractivity contribution in [1.29, 1.82) is 0 Å². The summed E-state index contributed by atoms with van der Waals surface area (Å²) in [7, 11) is 0. The van der Waals surface area contributed by atoms with E-state index in [1.807, 2.05) is 0 Å². The number of Topliss-reactive ketones (excluding diaryl/α,β-unsaturated/α-hetero) is 1. The van der Waals surface area contributed by atoms with Gasteiger partial charge in [0.05, 0.1) is 11.7 Å². The fourth-order valence-corrected chi connectivity index (χ4v) is 2.27. The van der Waals surface area contributed by atoms with E-state index in [2.05, 4.69) is 5.32 Å². The van der Waals surface area contributed by atoms with Gasteiger partial charge in [-0.1, -0.05) is 36.4 Å². The second-order valence-electron chi connectivity index (χ2n) is 4.79. The van der Waals surface area contributed by atoms with E-state index in [4.69, 9.17) is 0 Å². The Bertz CT molecular complexity index is 819. The zero-order valence-electron chi connectivity index (χ0n) is 11.3. The van der Waals surface area contributed by atoms with E-state index in [9.17, 15) is 19.5 Å². The van der Waals surface area contributed by atoms with Crippen molar-refractivity contribution in [1.82, 2.24) is 0 Å². The van der Waals surface area contributed by atoms with Crippen LogP contribution in [-0.2, 0) is 4.79 Å². The quantitative estimate of drug-likeness (QED) is 0.861. The lowest BCUT2D eigenvalue weighted by Crippen LogP contribution is -2.22. The normalized spacial score (nSPS) is 13.4. The molecule has 0 bridgehead atoms. The molecule has 5 nitrogen and oxygen atoms in total. The molecule has 3 rings (SSSR count). The Morgan fingerprint density at radius 2 is 1.55 bits per heavy atom. The van der Waals surface area contributed by atoms with Crippen LogP contribution >= 0.6 is 0 Å². The Kier molecular flexibility index (Phi) is 3.31. The van der Waals surface area contributed by atoms with Crippen molar-refractivity contribution in [3.05, 3.63) is 71.3 Å². The number of carboxylic acids is 1. The summed E-state index contributed by atoms with van der Waals surface area (Å²) in [5.41, 5.74) is 2.16. The van der Waals surface area contributed by atoms with Crippen LogP contribution in [0, 0.1) is 0 Å². The summed E-state index contributed by atoms with van der Waals surface area (Å²) in [6.45, 7) is 0. The van der Waals surface area contributed by atoms with E-state index in [0.29, 0.717) is 22.5 Å². The molecule has 2 aromatic carbocycles. The summed E-state index contributed by atoms with van der Waals surface area (Å²) in [5.74, 6) is -2.38. The average Bonchev–Trinajstić information content (AvgIpc) is 2.53. The van der Waals surface area contributed by atoms with E-state index in [1.165, 1.54) is 18.2 Å². The van der Waals surface area contributed by atoms with E-state index in [-0.39, 0.29) is 5.56 Å². The fourth-order valence-electron chi connectivity index (χ4n) is 2.27. The molecule has 0 aromatic heterocycles. The molecule has 0 atom stereocenters. The maximum atomic E-state index is 11.8. The van der Waals surface area contributed by atoms with Gasteiger partial charge >= 0.3 is 0 Å². The summed E-state index contributed by atoms with van der Waals surface area (Å²) in [6.07, 6.45) is 1.25. The summed E-state index contributed by atoms with van der Waals surface area (Å²) in [4.78, 5) is 34.3. The van der Waals surface area contributed by atoms with Crippen LogP contribution in [0.25, 0.3) is 5.70 Å². The molecule has 0 saturated heterocycles. The van der Waals surface area contributed by atoms with Crippen LogP contribution in [0.4, 0.5) is 5.69 Å². The van der Waals surface area contributed by atoms with Gasteiger partial charge in [0.2, 0.25) is 11.6 Å². The number of allylic oxidation sites excluding steroid dienone is 1. The van der Waals surface area contributed by atoms with Crippen molar-refractivity contribution in [2.24, 2.45) is 0 Å². The number of rotatable bonds is 3. The molecule has 0 unspecified atom stereocenters. The van der Waals surface area contributed by atoms with Gasteiger partial charge in [0.25, 0.3) is 0 Å². The molecule has 1 aliphatic rings. The molecular weight excluding hydrogens is 282 g/mol. The Morgan fingerprint density at radius 3 is 2.18 bits per heavy atom. The molecule has 0 saturated carbocycles. The monoisotopic (exact) mass is 292 g/mol. The number of fused-ring (bicyclic) bond motifs is 1. The van der Waals surface area contributed by atoms with Gasteiger partial charge < -0.3 is 15.2 Å². The fraction of sp³-hybridized carbons (Fsp3) is 0. The molecule has 0 amide bonds. The van der Waals surface area contributed by atoms with E-state index in [0.717, 1.165) is 0 Å². The van der Waals surface area contributed by atoms with Gasteiger partial charge in [0.15, 0.2) is 0 Å². The molecule has 0 spiro atoms. The van der Waals surface area contributed by atoms with Crippen LogP contribution in [0.3, 0.4) is 0 Å². The lowest BCUT2D eigenvalue weighted by Gasteiger charge is -2.18. The molecule has 1 aliphatic carbocycles. The first-order valence-electron chi connectivity index (χ1n) is 6.54. The Morgan fingerprint density at radius 1 is 0.909 bits per heavy atom. The van der Waals surface area contributed by atoms with Crippen LogP contribution in [0.5, 0.6) is 0 Å². The Balaban J connectivity index is 1.95. The smallest absolute Gasteiger partial charge is 0.233 e. The van der Waals surface area contributed by atoms with Gasteiger partial charge in [-0.3, -0.25) is 9.59 Å². The van der Waals surface area contributed by atoms with E-state index >= 15 is 0 Å². The predicted octanol–water partition coefficient (Wildman–Crippen LogP) is 1.27. The van der Waals surface area contributed by atoms with Crippen molar-refractivity contribution in [2.45, 2.75) is 0 Å². The summed E-state index contributed by atoms with van der Waals surface area (Å²) in [5, 5.41) is 13.7. The summed E-state index contributed by atoms with van der Waals surface area (Å²) >= 11 is 0. The number of hydrogen-bond donors (Lipinski definition) is 1. The van der Waals surface area contributed by atoms with Crippen LogP contribution in [0.2, 0.25) is 0 Å². The third-order valence-corrected chi connectivity index (χ3v) is 3.36. The van der Waals surface area contributed by atoms with Gasteiger partial charge in [0.1, 0.15) is 0 Å². The highest BCUT2D eigenvalue weighted by Crippen LogP contribution is 2.26. The highest BCUT2D eigenvalue weighted by atomic mass is 16.4. The molecule has 0 radical (unpaired) electrons. The van der Waals surface area contributed by atoms with Gasteiger partial charge in [-0.05, 0) is 17.7 Å². The van der Waals surface area contributed by atoms with Crippen LogP contribution in [0.1, 0.15) is 26.3 Å². The largest absolute Gasteiger partial charge is 0.545 e. The van der Waals surface area contributed by atoms with Gasteiger partial charge in [-0.15, -0.1) is 0 Å². The second kappa shape index (κ2) is 5.29. The maximum absolute atomic E-state index is 11.8. The minimum Gasteiger partial charge on any atom is -0.545 e. The van der Waals surface area contributed by atoms with Crippen LogP contribution < -0.4 is 10.4 Å². The van der Waals surface area contributed by atoms with Crippen LogP contribution in [0.15, 0.2) is 54.6 Å². The first-order chi connectivity index (χ1) is 10.6. The van der Waals surface area contributed by atoms with Crippen LogP contribution in [-0.4, -0.2) is 17.5 Å². The molecule has 22 heavy (non-hydrogen) atoms. The third-order valence-electron chi connectivity index (χ3n) is 3.36. The van der Waals surface area contributed by atoms with Crippen molar-refractivity contribution in [3.63, 3.8) is 0 Å². The summed E-state index contributed by atoms with van der Waals surface area (Å²) < 4.78 is 0. The topological polar surface area (TPSA) is 86.3 Å². The average molecular weight is 292 g/mol. The zero-order chi connectivity index (χ0) is 15.7. The Labute approximate surface area is 125 Å². The lowest BCUT2D eigenvalue weighted by atomic mass is 9.92. The highest BCUT2D eigenvalue weighted by Gasteiger charge is 2.25. The zero-order valence-corrected chi connectivity index (χ0v) is 11.3. The van der Waals surface area contributed by atoms with Crippen molar-refractivity contribution in [2.75, 3.05) is 5.32 Å². The molecule has 0 fully saturated rings. The van der Waals surface area contributed by atoms with Gasteiger partial charge in [-0.25, -0.2) is 0 Å². The maximum Gasteiger partial charge on any atom is 0.233 e. The number of carbonyl (C=O) groups is 3. The number of hydrogen-bond acceptors (Lipinski definition) is 5. The van der Waals surface area contributed by atoms with Crippen molar-refractivity contribution >= 4 is 28.9 Å². The van der Waals surface area contributed by atoms with E-state index in [1.54, 1.807) is 36.4 Å².